The van der Waals surface area contributed by atoms with Gasteiger partial charge in [0, 0.05) is 17.8 Å². The molecule has 2 N–H and O–H groups in total. The summed E-state index contributed by atoms with van der Waals surface area (Å²) in [5.41, 5.74) is 7.89. The summed E-state index contributed by atoms with van der Waals surface area (Å²) < 4.78 is 40.5. The third-order valence-electron chi connectivity index (χ3n) is 5.66. The number of anilines is 2. The number of para-hydroxylation sites is 1. The summed E-state index contributed by atoms with van der Waals surface area (Å²) >= 11 is 0. The highest BCUT2D eigenvalue weighted by Gasteiger charge is 2.26. The molecule has 0 saturated carbocycles. The highest BCUT2D eigenvalue weighted by atomic mass is 32.2. The number of aromatic nitrogens is 3. The van der Waals surface area contributed by atoms with E-state index in [4.69, 9.17) is 5.73 Å². The van der Waals surface area contributed by atoms with Crippen LogP contribution in [0.4, 0.5) is 15.9 Å². The van der Waals surface area contributed by atoms with Crippen molar-refractivity contribution in [3.8, 4) is 0 Å². The van der Waals surface area contributed by atoms with Crippen molar-refractivity contribution in [1.29, 1.82) is 0 Å². The maximum Gasteiger partial charge on any atom is 0.262 e. The molecule has 0 saturated heterocycles. The highest BCUT2D eigenvalue weighted by Crippen LogP contribution is 2.30. The Morgan fingerprint density at radius 2 is 1.86 bits per heavy atom. The third kappa shape index (κ3) is 4.19. The molecule has 3 aromatic heterocycles. The first-order valence-electron chi connectivity index (χ1n) is 10.6. The number of nitrogens with two attached hydrogens (primary N) is 1. The van der Waals surface area contributed by atoms with Crippen LogP contribution >= 0.6 is 0 Å². The van der Waals surface area contributed by atoms with Gasteiger partial charge in [0.15, 0.2) is 21.5 Å². The standard InChI is InChI=1S/C25H20FN5O3S/c1-35(33,34)23-8-3-2-7-22(23)30(25(32)18-14-28-31-11-5-4-6-21(18)31)15-16-9-10-17-13-19(26)24(27)29-20(17)12-16/h2-14H,15H2,1H3,(H2,27,29). The number of carbonyl (C=O) groups excluding carboxylic acids is 1. The minimum atomic E-state index is -3.65. The zero-order valence-corrected chi connectivity index (χ0v) is 19.4. The molecule has 0 unspecified atom stereocenters. The van der Waals surface area contributed by atoms with Crippen LogP contribution in [-0.4, -0.2) is 35.2 Å². The van der Waals surface area contributed by atoms with Gasteiger partial charge in [0.05, 0.1) is 39.9 Å². The van der Waals surface area contributed by atoms with Gasteiger partial charge < -0.3 is 10.6 Å². The number of nitrogens with zero attached hydrogens (tertiary/aromatic N) is 4. The Hall–Kier alpha value is -4.31. The number of fused-ring (bicyclic) bond motifs is 2. The smallest absolute Gasteiger partial charge is 0.262 e. The van der Waals surface area contributed by atoms with Crippen LogP contribution in [0.3, 0.4) is 0 Å². The molecule has 35 heavy (non-hydrogen) atoms. The molecule has 8 nitrogen and oxygen atoms in total. The van der Waals surface area contributed by atoms with E-state index in [9.17, 15) is 17.6 Å². The fourth-order valence-corrected chi connectivity index (χ4v) is 4.87. The van der Waals surface area contributed by atoms with E-state index in [0.717, 1.165) is 6.26 Å². The molecular formula is C25H20FN5O3S. The zero-order chi connectivity index (χ0) is 24.7. The lowest BCUT2D eigenvalue weighted by molar-refractivity contribution is 0.0986. The maximum atomic E-state index is 13.9. The molecule has 1 amide bonds. The topological polar surface area (TPSA) is 111 Å². The lowest BCUT2D eigenvalue weighted by atomic mass is 10.1. The van der Waals surface area contributed by atoms with Crippen LogP contribution in [0, 0.1) is 5.82 Å². The zero-order valence-electron chi connectivity index (χ0n) is 18.6. The van der Waals surface area contributed by atoms with Crippen LogP contribution in [0.2, 0.25) is 0 Å². The Morgan fingerprint density at radius 3 is 2.66 bits per heavy atom. The number of hydrogen-bond acceptors (Lipinski definition) is 6. The van der Waals surface area contributed by atoms with E-state index in [1.54, 1.807) is 65.3 Å². The Labute approximate surface area is 200 Å². The summed E-state index contributed by atoms with van der Waals surface area (Å²) in [6, 6.07) is 18.1. The fraction of sp³-hybridized carbons (Fsp3) is 0.0800. The van der Waals surface area contributed by atoms with Crippen molar-refractivity contribution in [1.82, 2.24) is 14.6 Å². The first kappa shape index (κ1) is 22.5. The molecule has 2 aromatic carbocycles. The molecular weight excluding hydrogens is 469 g/mol. The average Bonchev–Trinajstić information content (AvgIpc) is 3.27. The fourth-order valence-electron chi connectivity index (χ4n) is 3.99. The van der Waals surface area contributed by atoms with Gasteiger partial charge in [-0.15, -0.1) is 0 Å². The van der Waals surface area contributed by atoms with Crippen LogP contribution < -0.4 is 10.6 Å². The minimum absolute atomic E-state index is 0.0232. The molecule has 0 radical (unpaired) electrons. The van der Waals surface area contributed by atoms with Gasteiger partial charge in [-0.05, 0) is 42.0 Å². The van der Waals surface area contributed by atoms with Gasteiger partial charge in [-0.1, -0.05) is 30.3 Å². The molecule has 176 valence electrons. The van der Waals surface area contributed by atoms with Gasteiger partial charge >= 0.3 is 0 Å². The average molecular weight is 490 g/mol. The van der Waals surface area contributed by atoms with Crippen molar-refractivity contribution in [3.63, 3.8) is 0 Å². The number of rotatable bonds is 5. The van der Waals surface area contributed by atoms with Crippen LogP contribution in [0.1, 0.15) is 15.9 Å². The van der Waals surface area contributed by atoms with Gasteiger partial charge in [0.1, 0.15) is 0 Å². The minimum Gasteiger partial charge on any atom is -0.381 e. The van der Waals surface area contributed by atoms with Crippen molar-refractivity contribution in [2.75, 3.05) is 16.9 Å². The predicted octanol–water partition coefficient (Wildman–Crippen LogP) is 3.85. The molecule has 0 aliphatic carbocycles. The first-order valence-corrected chi connectivity index (χ1v) is 12.5. The van der Waals surface area contributed by atoms with E-state index in [-0.39, 0.29) is 22.9 Å². The van der Waals surface area contributed by atoms with Crippen LogP contribution in [0.25, 0.3) is 16.4 Å². The Kier molecular flexibility index (Phi) is 5.45. The summed E-state index contributed by atoms with van der Waals surface area (Å²) in [4.78, 5) is 19.4. The molecule has 0 spiro atoms. The molecule has 0 aliphatic heterocycles. The summed E-state index contributed by atoms with van der Waals surface area (Å²) in [5, 5.41) is 4.80. The van der Waals surface area contributed by atoms with Gasteiger partial charge in [0.2, 0.25) is 0 Å². The van der Waals surface area contributed by atoms with E-state index in [1.807, 2.05) is 0 Å². The van der Waals surface area contributed by atoms with Crippen molar-refractivity contribution in [2.24, 2.45) is 0 Å². The van der Waals surface area contributed by atoms with Crippen molar-refractivity contribution in [3.05, 3.63) is 96.1 Å². The number of halogens is 1. The number of pyridine rings is 2. The van der Waals surface area contributed by atoms with E-state index in [2.05, 4.69) is 10.1 Å². The first-order chi connectivity index (χ1) is 16.7. The Bertz CT molecular complexity index is 1720. The largest absolute Gasteiger partial charge is 0.381 e. The molecule has 0 bridgehead atoms. The third-order valence-corrected chi connectivity index (χ3v) is 6.81. The lowest BCUT2D eigenvalue weighted by Crippen LogP contribution is -2.31. The molecule has 0 atom stereocenters. The van der Waals surface area contributed by atoms with E-state index < -0.39 is 21.6 Å². The number of hydrogen-bond donors (Lipinski definition) is 1. The summed E-state index contributed by atoms with van der Waals surface area (Å²) in [6.07, 6.45) is 4.28. The highest BCUT2D eigenvalue weighted by molar-refractivity contribution is 7.90. The number of amides is 1. The van der Waals surface area contributed by atoms with Gasteiger partial charge in [-0.3, -0.25) is 4.79 Å². The van der Waals surface area contributed by atoms with E-state index in [0.29, 0.717) is 27.5 Å². The van der Waals surface area contributed by atoms with Crippen LogP contribution in [0.5, 0.6) is 0 Å². The second-order valence-corrected chi connectivity index (χ2v) is 10.1. The van der Waals surface area contributed by atoms with E-state index in [1.165, 1.54) is 23.2 Å². The van der Waals surface area contributed by atoms with Crippen molar-refractivity contribution >= 4 is 43.7 Å². The van der Waals surface area contributed by atoms with Gasteiger partial charge in [0.25, 0.3) is 5.91 Å². The number of sulfone groups is 1. The van der Waals surface area contributed by atoms with Crippen LogP contribution in [-0.2, 0) is 16.4 Å². The SMILES string of the molecule is CS(=O)(=O)c1ccccc1N(Cc1ccc2cc(F)c(N)nc2c1)C(=O)c1cnn2ccccc12. The second-order valence-electron chi connectivity index (χ2n) is 8.10. The summed E-state index contributed by atoms with van der Waals surface area (Å²) in [6.45, 7) is 0.0322. The quantitative estimate of drug-likeness (QED) is 0.401. The lowest BCUT2D eigenvalue weighted by Gasteiger charge is -2.25. The summed E-state index contributed by atoms with van der Waals surface area (Å²) in [5.74, 6) is -1.26. The Balaban J connectivity index is 1.65. The second kappa shape index (κ2) is 8.48. The van der Waals surface area contributed by atoms with Crippen molar-refractivity contribution in [2.45, 2.75) is 11.4 Å². The Morgan fingerprint density at radius 1 is 1.09 bits per heavy atom. The monoisotopic (exact) mass is 489 g/mol. The van der Waals surface area contributed by atoms with Gasteiger partial charge in [-0.25, -0.2) is 22.3 Å². The number of carbonyl (C=O) groups is 1. The molecule has 3 heterocycles. The molecule has 5 rings (SSSR count). The van der Waals surface area contributed by atoms with Gasteiger partial charge in [-0.2, -0.15) is 5.10 Å². The normalized spacial score (nSPS) is 11.7. The maximum absolute atomic E-state index is 13.9. The predicted molar refractivity (Wildman–Crippen MR) is 131 cm³/mol. The van der Waals surface area contributed by atoms with E-state index >= 15 is 0 Å². The van der Waals surface area contributed by atoms with Crippen molar-refractivity contribution < 1.29 is 17.6 Å². The number of benzene rings is 2. The molecule has 5 aromatic rings. The van der Waals surface area contributed by atoms with Crippen LogP contribution in [0.15, 0.2) is 84.0 Å². The summed E-state index contributed by atoms with van der Waals surface area (Å²) in [7, 11) is -3.65. The number of nitrogen functional groups attached to an aromatic ring is 1. The molecule has 10 heteroatoms. The molecule has 0 aliphatic rings. The molecule has 0 fully saturated rings.